The third kappa shape index (κ3) is 2.31. The van der Waals surface area contributed by atoms with Crippen molar-refractivity contribution in [3.8, 4) is 23.3 Å². The topological polar surface area (TPSA) is 92.0 Å². The number of amides is 1. The minimum Gasteiger partial charge on any atom is -0.493 e. The van der Waals surface area contributed by atoms with Gasteiger partial charge in [0.2, 0.25) is 5.75 Å². The maximum atomic E-state index is 12.6. The Kier molecular flexibility index (Phi) is 4.73. The molecule has 0 aliphatic carbocycles. The van der Waals surface area contributed by atoms with Gasteiger partial charge in [0.25, 0.3) is 5.91 Å². The van der Waals surface area contributed by atoms with Crippen LogP contribution in [0, 0.1) is 11.3 Å². The second-order valence-corrected chi connectivity index (χ2v) is 4.72. The fraction of sp³-hybridized carbons (Fsp3) is 0.467. The molecule has 118 valence electrons. The first-order chi connectivity index (χ1) is 10.6. The van der Waals surface area contributed by atoms with Crippen molar-refractivity contribution >= 4 is 5.91 Å². The van der Waals surface area contributed by atoms with Crippen LogP contribution < -0.4 is 14.2 Å². The zero-order valence-electron chi connectivity index (χ0n) is 12.8. The van der Waals surface area contributed by atoms with Gasteiger partial charge in [-0.3, -0.25) is 4.79 Å². The standard InChI is InChI=1S/C15H18N2O5/c1-20-11-7-9-10(8-16)17(5-4-6-18)15(19)12(9)14(22-3)13(11)21-2/h7,10,18H,4-6H2,1-3H3. The summed E-state index contributed by atoms with van der Waals surface area (Å²) in [6, 6.07) is 3.01. The summed E-state index contributed by atoms with van der Waals surface area (Å²) >= 11 is 0. The largest absolute Gasteiger partial charge is 0.493 e. The first kappa shape index (κ1) is 15.9. The molecule has 1 heterocycles. The van der Waals surface area contributed by atoms with E-state index in [1.54, 1.807) is 6.07 Å². The van der Waals surface area contributed by atoms with Crippen LogP contribution in [-0.2, 0) is 0 Å². The van der Waals surface area contributed by atoms with Gasteiger partial charge in [-0.1, -0.05) is 0 Å². The van der Waals surface area contributed by atoms with E-state index < -0.39 is 6.04 Å². The molecule has 0 saturated carbocycles. The van der Waals surface area contributed by atoms with Crippen LogP contribution in [0.4, 0.5) is 0 Å². The first-order valence-electron chi connectivity index (χ1n) is 6.78. The van der Waals surface area contributed by atoms with Gasteiger partial charge in [0.15, 0.2) is 11.5 Å². The number of nitrogens with zero attached hydrogens (tertiary/aromatic N) is 2. The predicted molar refractivity (Wildman–Crippen MR) is 77.2 cm³/mol. The van der Waals surface area contributed by atoms with Gasteiger partial charge in [-0.15, -0.1) is 0 Å². The summed E-state index contributed by atoms with van der Waals surface area (Å²) in [5, 5.41) is 18.4. The number of ether oxygens (including phenoxy) is 3. The van der Waals surface area contributed by atoms with E-state index in [9.17, 15) is 10.1 Å². The summed E-state index contributed by atoms with van der Waals surface area (Å²) in [7, 11) is 4.37. The molecule has 1 aromatic carbocycles. The number of fused-ring (bicyclic) bond motifs is 1. The van der Waals surface area contributed by atoms with E-state index in [-0.39, 0.29) is 24.8 Å². The van der Waals surface area contributed by atoms with Gasteiger partial charge in [-0.2, -0.15) is 5.26 Å². The van der Waals surface area contributed by atoms with Crippen molar-refractivity contribution in [2.24, 2.45) is 0 Å². The molecule has 1 unspecified atom stereocenters. The molecule has 1 N–H and O–H groups in total. The Hall–Kier alpha value is -2.46. The molecule has 1 aromatic rings. The van der Waals surface area contributed by atoms with Gasteiger partial charge in [0, 0.05) is 18.7 Å². The Morgan fingerprint density at radius 3 is 2.45 bits per heavy atom. The van der Waals surface area contributed by atoms with Crippen LogP contribution in [0.3, 0.4) is 0 Å². The molecular weight excluding hydrogens is 288 g/mol. The third-order valence-corrected chi connectivity index (χ3v) is 3.62. The highest BCUT2D eigenvalue weighted by molar-refractivity contribution is 6.03. The van der Waals surface area contributed by atoms with E-state index in [0.29, 0.717) is 29.0 Å². The molecule has 1 aliphatic rings. The van der Waals surface area contributed by atoms with Crippen molar-refractivity contribution in [2.45, 2.75) is 12.5 Å². The number of benzene rings is 1. The SMILES string of the molecule is COc1cc2c(c(OC)c1OC)C(=O)N(CCCO)C2C#N. The van der Waals surface area contributed by atoms with Gasteiger partial charge in [0.1, 0.15) is 6.04 Å². The molecule has 1 amide bonds. The average Bonchev–Trinajstić information content (AvgIpc) is 2.82. The normalized spacial score (nSPS) is 16.2. The number of hydrogen-bond donors (Lipinski definition) is 1. The lowest BCUT2D eigenvalue weighted by Gasteiger charge is -2.19. The van der Waals surface area contributed by atoms with Crippen LogP contribution >= 0.6 is 0 Å². The lowest BCUT2D eigenvalue weighted by molar-refractivity contribution is 0.0743. The minimum atomic E-state index is -0.734. The molecule has 7 nitrogen and oxygen atoms in total. The zero-order chi connectivity index (χ0) is 16.3. The quantitative estimate of drug-likeness (QED) is 0.846. The molecule has 1 aliphatic heterocycles. The number of rotatable bonds is 6. The second kappa shape index (κ2) is 6.54. The summed E-state index contributed by atoms with van der Waals surface area (Å²) in [6.45, 7) is 0.234. The Balaban J connectivity index is 2.62. The van der Waals surface area contributed by atoms with Crippen molar-refractivity contribution < 1.29 is 24.1 Å². The number of aliphatic hydroxyl groups excluding tert-OH is 1. The smallest absolute Gasteiger partial charge is 0.259 e. The molecule has 0 saturated heterocycles. The Labute approximate surface area is 128 Å². The summed E-state index contributed by atoms with van der Waals surface area (Å²) in [6.07, 6.45) is 0.397. The van der Waals surface area contributed by atoms with E-state index in [0.717, 1.165) is 0 Å². The minimum absolute atomic E-state index is 0.0535. The summed E-state index contributed by atoms with van der Waals surface area (Å²) < 4.78 is 15.9. The van der Waals surface area contributed by atoms with Crippen molar-refractivity contribution in [2.75, 3.05) is 34.5 Å². The maximum absolute atomic E-state index is 12.6. The number of carbonyl (C=O) groups is 1. The van der Waals surface area contributed by atoms with Crippen molar-refractivity contribution in [3.63, 3.8) is 0 Å². The fourth-order valence-electron chi connectivity index (χ4n) is 2.65. The predicted octanol–water partition coefficient (Wildman–Crippen LogP) is 1.12. The molecule has 0 radical (unpaired) electrons. The number of methoxy groups -OCH3 is 3. The van der Waals surface area contributed by atoms with E-state index in [2.05, 4.69) is 6.07 Å². The highest BCUT2D eigenvalue weighted by Crippen LogP contribution is 2.48. The van der Waals surface area contributed by atoms with Gasteiger partial charge < -0.3 is 24.2 Å². The van der Waals surface area contributed by atoms with E-state index in [1.807, 2.05) is 0 Å². The van der Waals surface area contributed by atoms with Crippen molar-refractivity contribution in [1.29, 1.82) is 5.26 Å². The zero-order valence-corrected chi connectivity index (χ0v) is 12.8. The van der Waals surface area contributed by atoms with Crippen molar-refractivity contribution in [3.05, 3.63) is 17.2 Å². The van der Waals surface area contributed by atoms with E-state index in [4.69, 9.17) is 19.3 Å². The van der Waals surface area contributed by atoms with E-state index >= 15 is 0 Å². The number of aliphatic hydroxyl groups is 1. The Morgan fingerprint density at radius 2 is 1.95 bits per heavy atom. The Morgan fingerprint density at radius 1 is 1.27 bits per heavy atom. The van der Waals surface area contributed by atoms with Gasteiger partial charge in [-0.05, 0) is 12.5 Å². The lowest BCUT2D eigenvalue weighted by atomic mass is 10.0. The second-order valence-electron chi connectivity index (χ2n) is 4.72. The molecule has 0 spiro atoms. The monoisotopic (exact) mass is 306 g/mol. The first-order valence-corrected chi connectivity index (χ1v) is 6.78. The molecule has 22 heavy (non-hydrogen) atoms. The summed E-state index contributed by atoms with van der Waals surface area (Å²) in [4.78, 5) is 14.1. The summed E-state index contributed by atoms with van der Waals surface area (Å²) in [5.74, 6) is 0.661. The molecule has 0 aromatic heterocycles. The van der Waals surface area contributed by atoms with E-state index in [1.165, 1.54) is 26.2 Å². The van der Waals surface area contributed by atoms with Crippen LogP contribution in [0.1, 0.15) is 28.4 Å². The molecule has 0 fully saturated rings. The van der Waals surface area contributed by atoms with Crippen LogP contribution in [0.5, 0.6) is 17.2 Å². The fourth-order valence-corrected chi connectivity index (χ4v) is 2.65. The maximum Gasteiger partial charge on any atom is 0.259 e. The molecule has 0 bridgehead atoms. The molecule has 7 heteroatoms. The Bertz CT molecular complexity index is 623. The number of hydrogen-bond acceptors (Lipinski definition) is 6. The molecule has 2 rings (SSSR count). The van der Waals surface area contributed by atoms with Crippen LogP contribution in [0.15, 0.2) is 6.07 Å². The van der Waals surface area contributed by atoms with Gasteiger partial charge in [0.05, 0.1) is 33.0 Å². The van der Waals surface area contributed by atoms with Gasteiger partial charge in [-0.25, -0.2) is 0 Å². The van der Waals surface area contributed by atoms with Gasteiger partial charge >= 0.3 is 0 Å². The highest BCUT2D eigenvalue weighted by Gasteiger charge is 2.41. The molecule has 1 atom stereocenters. The van der Waals surface area contributed by atoms with Crippen LogP contribution in [-0.4, -0.2) is 50.4 Å². The summed E-state index contributed by atoms with van der Waals surface area (Å²) in [5.41, 5.74) is 0.838. The third-order valence-electron chi connectivity index (χ3n) is 3.62. The number of nitriles is 1. The highest BCUT2D eigenvalue weighted by atomic mass is 16.5. The van der Waals surface area contributed by atoms with Crippen molar-refractivity contribution in [1.82, 2.24) is 4.90 Å². The molecular formula is C15H18N2O5. The number of carbonyl (C=O) groups excluding carboxylic acids is 1. The van der Waals surface area contributed by atoms with Crippen LogP contribution in [0.2, 0.25) is 0 Å². The lowest BCUT2D eigenvalue weighted by Crippen LogP contribution is -2.29. The van der Waals surface area contributed by atoms with Crippen LogP contribution in [0.25, 0.3) is 0 Å². The average molecular weight is 306 g/mol.